The smallest absolute Gasteiger partial charge is 0.240 e. The molecule has 5 nitrogen and oxygen atoms in total. The third-order valence-electron chi connectivity index (χ3n) is 3.01. The van der Waals surface area contributed by atoms with Crippen molar-refractivity contribution < 1.29 is 9.47 Å². The summed E-state index contributed by atoms with van der Waals surface area (Å²) in [6, 6.07) is 6.93. The first-order valence-electron chi connectivity index (χ1n) is 6.06. The van der Waals surface area contributed by atoms with Crippen LogP contribution in [0.25, 0.3) is 17.0 Å². The molecule has 0 unspecified atom stereocenters. The van der Waals surface area contributed by atoms with Crippen LogP contribution in [0.3, 0.4) is 0 Å². The predicted octanol–water partition coefficient (Wildman–Crippen LogP) is 3.72. The number of nitrogens with zero attached hydrogens (tertiary/aromatic N) is 3. The maximum atomic E-state index is 6.21. The first kappa shape index (κ1) is 14.0. The lowest BCUT2D eigenvalue weighted by atomic mass is 10.2. The van der Waals surface area contributed by atoms with E-state index in [4.69, 9.17) is 32.7 Å². The zero-order chi connectivity index (χ0) is 15.0. The van der Waals surface area contributed by atoms with Gasteiger partial charge in [-0.1, -0.05) is 23.2 Å². The van der Waals surface area contributed by atoms with E-state index in [1.54, 1.807) is 35.9 Å². The number of hydrogen-bond donors (Lipinski definition) is 0. The predicted molar refractivity (Wildman–Crippen MR) is 81.5 cm³/mol. The molecule has 0 N–H and O–H groups in total. The molecule has 0 bridgehead atoms. The van der Waals surface area contributed by atoms with Crippen LogP contribution in [0.5, 0.6) is 11.8 Å². The fourth-order valence-corrected chi connectivity index (χ4v) is 2.51. The average Bonchev–Trinajstić information content (AvgIpc) is 2.89. The quantitative estimate of drug-likeness (QED) is 0.737. The van der Waals surface area contributed by atoms with Crippen LogP contribution in [0.4, 0.5) is 0 Å². The number of imidazole rings is 1. The van der Waals surface area contributed by atoms with Crippen molar-refractivity contribution in [3.8, 4) is 23.0 Å². The summed E-state index contributed by atoms with van der Waals surface area (Å²) in [4.78, 5) is 8.73. The van der Waals surface area contributed by atoms with Gasteiger partial charge >= 0.3 is 0 Å². The van der Waals surface area contributed by atoms with Gasteiger partial charge in [0.25, 0.3) is 0 Å². The molecular formula is C14H11Cl2N3O2. The topological polar surface area (TPSA) is 48.7 Å². The van der Waals surface area contributed by atoms with E-state index in [-0.39, 0.29) is 0 Å². The summed E-state index contributed by atoms with van der Waals surface area (Å²) in [5, 5.41) is 1.10. The van der Waals surface area contributed by atoms with Gasteiger partial charge in [0.15, 0.2) is 0 Å². The molecule has 0 aliphatic rings. The van der Waals surface area contributed by atoms with Gasteiger partial charge in [-0.2, -0.15) is 4.98 Å². The van der Waals surface area contributed by atoms with Crippen molar-refractivity contribution in [2.24, 2.45) is 0 Å². The third kappa shape index (κ3) is 2.50. The lowest BCUT2D eigenvalue weighted by molar-refractivity contribution is 0.369. The second-order valence-electron chi connectivity index (χ2n) is 4.26. The fourth-order valence-electron chi connectivity index (χ4n) is 2.01. The Morgan fingerprint density at radius 1 is 1.05 bits per heavy atom. The molecule has 2 heterocycles. The molecular weight excluding hydrogens is 313 g/mol. The highest BCUT2D eigenvalue weighted by atomic mass is 35.5. The third-order valence-corrected chi connectivity index (χ3v) is 3.56. The highest BCUT2D eigenvalue weighted by molar-refractivity contribution is 6.36. The summed E-state index contributed by atoms with van der Waals surface area (Å²) >= 11 is 12.1. The molecule has 3 rings (SSSR count). The van der Waals surface area contributed by atoms with Crippen molar-refractivity contribution in [2.75, 3.05) is 14.2 Å². The molecule has 0 spiro atoms. The fraction of sp³-hybridized carbons (Fsp3) is 0.143. The van der Waals surface area contributed by atoms with Gasteiger partial charge in [-0.25, -0.2) is 4.98 Å². The molecule has 0 aliphatic heterocycles. The Morgan fingerprint density at radius 2 is 1.86 bits per heavy atom. The van der Waals surface area contributed by atoms with Gasteiger partial charge in [0.1, 0.15) is 0 Å². The summed E-state index contributed by atoms with van der Waals surface area (Å²) in [6.45, 7) is 0. The molecule has 0 aliphatic carbocycles. The molecule has 1 aromatic carbocycles. The zero-order valence-corrected chi connectivity index (χ0v) is 12.8. The van der Waals surface area contributed by atoms with Gasteiger partial charge < -0.3 is 9.47 Å². The van der Waals surface area contributed by atoms with Crippen molar-refractivity contribution >= 4 is 29.0 Å². The molecule has 0 saturated heterocycles. The normalized spacial score (nSPS) is 10.9. The monoisotopic (exact) mass is 323 g/mol. The average molecular weight is 324 g/mol. The first-order valence-corrected chi connectivity index (χ1v) is 6.81. The van der Waals surface area contributed by atoms with Crippen molar-refractivity contribution in [1.82, 2.24) is 14.4 Å². The summed E-state index contributed by atoms with van der Waals surface area (Å²) < 4.78 is 12.2. The Morgan fingerprint density at radius 3 is 2.52 bits per heavy atom. The van der Waals surface area contributed by atoms with Crippen LogP contribution in [0, 0.1) is 0 Å². The highest BCUT2D eigenvalue weighted by Crippen LogP contribution is 2.31. The van der Waals surface area contributed by atoms with E-state index in [0.29, 0.717) is 33.3 Å². The number of fused-ring (bicyclic) bond motifs is 1. The van der Waals surface area contributed by atoms with Gasteiger partial charge in [-0.15, -0.1) is 0 Å². The molecule has 21 heavy (non-hydrogen) atoms. The largest absolute Gasteiger partial charge is 0.482 e. The molecule has 2 aromatic heterocycles. The lowest BCUT2D eigenvalue weighted by Crippen LogP contribution is -1.97. The number of ether oxygens (including phenoxy) is 2. The van der Waals surface area contributed by atoms with E-state index in [2.05, 4.69) is 9.97 Å². The van der Waals surface area contributed by atoms with E-state index >= 15 is 0 Å². The van der Waals surface area contributed by atoms with Gasteiger partial charge in [0, 0.05) is 16.8 Å². The summed E-state index contributed by atoms with van der Waals surface area (Å²) in [7, 11) is 3.11. The van der Waals surface area contributed by atoms with Gasteiger partial charge in [-0.3, -0.25) is 4.40 Å². The molecule has 0 fully saturated rings. The number of halogens is 2. The molecule has 0 saturated carbocycles. The van der Waals surface area contributed by atoms with E-state index in [0.717, 1.165) is 5.56 Å². The maximum absolute atomic E-state index is 6.21. The van der Waals surface area contributed by atoms with Gasteiger partial charge in [0.05, 0.1) is 31.0 Å². The minimum Gasteiger partial charge on any atom is -0.482 e. The number of rotatable bonds is 3. The van der Waals surface area contributed by atoms with E-state index in [1.807, 2.05) is 6.07 Å². The maximum Gasteiger partial charge on any atom is 0.240 e. The summed E-state index contributed by atoms with van der Waals surface area (Å²) in [5.74, 6) is 1.46. The Hall–Kier alpha value is -1.98. The first-order chi connectivity index (χ1) is 10.1. The lowest BCUT2D eigenvalue weighted by Gasteiger charge is -2.04. The molecule has 0 atom stereocenters. The minimum atomic E-state index is 0.429. The Kier molecular flexibility index (Phi) is 3.61. The van der Waals surface area contributed by atoms with Gasteiger partial charge in [-0.05, 0) is 18.2 Å². The molecule has 3 aromatic rings. The summed E-state index contributed by atoms with van der Waals surface area (Å²) in [6.07, 6.45) is 1.80. The minimum absolute atomic E-state index is 0.429. The Balaban J connectivity index is 2.20. The SMILES string of the molecule is COc1cc(OC)n2cc(-c3ccc(Cl)cc3Cl)nc2n1. The van der Waals surface area contributed by atoms with Crippen LogP contribution in [0.15, 0.2) is 30.5 Å². The molecule has 108 valence electrons. The van der Waals surface area contributed by atoms with E-state index in [1.165, 1.54) is 7.11 Å². The number of aromatic nitrogens is 3. The van der Waals surface area contributed by atoms with Crippen LogP contribution in [-0.2, 0) is 0 Å². The Bertz CT molecular complexity index is 817. The number of benzene rings is 1. The zero-order valence-electron chi connectivity index (χ0n) is 11.3. The van der Waals surface area contributed by atoms with Crippen molar-refractivity contribution in [2.45, 2.75) is 0 Å². The standard InChI is InChI=1S/C14H11Cl2N3O2/c1-20-12-6-13(21-2)19-7-11(17-14(19)18-12)9-4-3-8(15)5-10(9)16/h3-7H,1-2H3. The van der Waals surface area contributed by atoms with Crippen molar-refractivity contribution in [3.63, 3.8) is 0 Å². The second-order valence-corrected chi connectivity index (χ2v) is 5.10. The van der Waals surface area contributed by atoms with Crippen molar-refractivity contribution in [1.29, 1.82) is 0 Å². The Labute approximate surface area is 131 Å². The molecule has 7 heteroatoms. The molecule has 0 amide bonds. The van der Waals surface area contributed by atoms with Crippen LogP contribution in [0.1, 0.15) is 0 Å². The second kappa shape index (κ2) is 5.42. The summed E-state index contributed by atoms with van der Waals surface area (Å²) in [5.41, 5.74) is 1.45. The van der Waals surface area contributed by atoms with Crippen LogP contribution in [0.2, 0.25) is 10.0 Å². The van der Waals surface area contributed by atoms with Crippen LogP contribution >= 0.6 is 23.2 Å². The molecule has 0 radical (unpaired) electrons. The highest BCUT2D eigenvalue weighted by Gasteiger charge is 2.13. The number of methoxy groups -OCH3 is 2. The van der Waals surface area contributed by atoms with Crippen LogP contribution in [-0.4, -0.2) is 28.6 Å². The van der Waals surface area contributed by atoms with Gasteiger partial charge in [0.2, 0.25) is 17.5 Å². The number of hydrogen-bond acceptors (Lipinski definition) is 4. The van der Waals surface area contributed by atoms with E-state index in [9.17, 15) is 0 Å². The van der Waals surface area contributed by atoms with Crippen molar-refractivity contribution in [3.05, 3.63) is 40.5 Å². The van der Waals surface area contributed by atoms with E-state index < -0.39 is 0 Å². The van der Waals surface area contributed by atoms with Crippen LogP contribution < -0.4 is 9.47 Å².